The third kappa shape index (κ3) is 2.57. The molecule has 1 amide bonds. The van der Waals surface area contributed by atoms with Crippen molar-refractivity contribution >= 4 is 28.8 Å². The highest BCUT2D eigenvalue weighted by atomic mass is 35.5. The van der Waals surface area contributed by atoms with Gasteiger partial charge in [-0.2, -0.15) is 0 Å². The lowest BCUT2D eigenvalue weighted by molar-refractivity contribution is 0.0950. The Morgan fingerprint density at radius 1 is 1.50 bits per heavy atom. The van der Waals surface area contributed by atoms with E-state index in [0.29, 0.717) is 28.6 Å². The van der Waals surface area contributed by atoms with E-state index in [1.54, 1.807) is 12.1 Å². The topological polar surface area (TPSA) is 60.5 Å². The molecule has 1 aromatic heterocycles. The molecule has 2 aromatic rings. The minimum absolute atomic E-state index is 0.124. The van der Waals surface area contributed by atoms with E-state index in [-0.39, 0.29) is 12.7 Å². The van der Waals surface area contributed by atoms with Gasteiger partial charge in [-0.05, 0) is 19.1 Å². The van der Waals surface area contributed by atoms with E-state index >= 15 is 0 Å². The van der Waals surface area contributed by atoms with Crippen molar-refractivity contribution in [2.24, 2.45) is 0 Å². The molecule has 0 aliphatic carbocycles. The summed E-state index contributed by atoms with van der Waals surface area (Å²) in [5.74, 6) is 0.754. The predicted octanol–water partition coefficient (Wildman–Crippen LogP) is 2.76. The molecule has 3 rings (SSSR count). The van der Waals surface area contributed by atoms with Gasteiger partial charge in [0.15, 0.2) is 11.5 Å². The predicted molar refractivity (Wildman–Crippen MR) is 75.6 cm³/mol. The van der Waals surface area contributed by atoms with Gasteiger partial charge in [0, 0.05) is 16.6 Å². The third-order valence-corrected chi connectivity index (χ3v) is 4.00. The van der Waals surface area contributed by atoms with Gasteiger partial charge in [-0.25, -0.2) is 4.98 Å². The largest absolute Gasteiger partial charge is 0.454 e. The Balaban J connectivity index is 1.73. The molecule has 104 valence electrons. The van der Waals surface area contributed by atoms with Crippen LogP contribution in [0.4, 0.5) is 0 Å². The maximum absolute atomic E-state index is 12.1. The van der Waals surface area contributed by atoms with Crippen LogP contribution in [0, 0.1) is 6.92 Å². The number of hydrogen-bond donors (Lipinski definition) is 1. The fraction of sp³-hybridized carbons (Fsp3) is 0.231. The highest BCUT2D eigenvalue weighted by Crippen LogP contribution is 2.39. The number of ether oxygens (including phenoxy) is 2. The first-order chi connectivity index (χ1) is 9.63. The molecule has 2 heterocycles. The number of benzene rings is 1. The summed E-state index contributed by atoms with van der Waals surface area (Å²) in [7, 11) is 0. The van der Waals surface area contributed by atoms with Crippen LogP contribution in [0.15, 0.2) is 17.5 Å². The minimum atomic E-state index is -0.224. The standard InChI is InChI=1S/C13H11ClN2O3S/c1-7-5-20-11(16-7)4-15-13(17)8-2-9(14)12-10(3-8)18-6-19-12/h2-3,5H,4,6H2,1H3,(H,15,17). The lowest BCUT2D eigenvalue weighted by Crippen LogP contribution is -2.22. The number of aryl methyl sites for hydroxylation is 1. The molecule has 20 heavy (non-hydrogen) atoms. The van der Waals surface area contributed by atoms with E-state index in [1.807, 2.05) is 12.3 Å². The second kappa shape index (κ2) is 5.30. The number of halogens is 1. The summed E-state index contributed by atoms with van der Waals surface area (Å²) < 4.78 is 10.4. The Bertz CT molecular complexity index is 672. The number of fused-ring (bicyclic) bond motifs is 1. The summed E-state index contributed by atoms with van der Waals surface area (Å²) in [5, 5.41) is 5.98. The van der Waals surface area contributed by atoms with E-state index < -0.39 is 0 Å². The Labute approximate surface area is 124 Å². The lowest BCUT2D eigenvalue weighted by Gasteiger charge is -2.05. The highest BCUT2D eigenvalue weighted by Gasteiger charge is 2.20. The quantitative estimate of drug-likeness (QED) is 0.947. The lowest BCUT2D eigenvalue weighted by atomic mass is 10.2. The molecular weight excluding hydrogens is 300 g/mol. The first-order valence-electron chi connectivity index (χ1n) is 5.92. The number of nitrogens with one attached hydrogen (secondary N) is 1. The summed E-state index contributed by atoms with van der Waals surface area (Å²) in [6, 6.07) is 3.19. The van der Waals surface area contributed by atoms with Crippen molar-refractivity contribution in [1.82, 2.24) is 10.3 Å². The van der Waals surface area contributed by atoms with Crippen molar-refractivity contribution < 1.29 is 14.3 Å². The van der Waals surface area contributed by atoms with Crippen LogP contribution in [0.5, 0.6) is 11.5 Å². The molecule has 0 atom stereocenters. The van der Waals surface area contributed by atoms with Gasteiger partial charge in [-0.3, -0.25) is 4.79 Å². The maximum Gasteiger partial charge on any atom is 0.251 e. The second-order valence-corrected chi connectivity index (χ2v) is 5.61. The van der Waals surface area contributed by atoms with Gasteiger partial charge in [0.1, 0.15) is 5.01 Å². The molecule has 5 nitrogen and oxygen atoms in total. The number of carbonyl (C=O) groups excluding carboxylic acids is 1. The molecule has 0 radical (unpaired) electrons. The fourth-order valence-electron chi connectivity index (χ4n) is 1.84. The average molecular weight is 311 g/mol. The van der Waals surface area contributed by atoms with Crippen LogP contribution in [-0.2, 0) is 6.54 Å². The zero-order valence-electron chi connectivity index (χ0n) is 10.6. The van der Waals surface area contributed by atoms with Gasteiger partial charge < -0.3 is 14.8 Å². The van der Waals surface area contributed by atoms with Gasteiger partial charge in [-0.15, -0.1) is 11.3 Å². The Hall–Kier alpha value is -1.79. The van der Waals surface area contributed by atoms with E-state index in [0.717, 1.165) is 10.7 Å². The summed E-state index contributed by atoms with van der Waals surface area (Å²) >= 11 is 7.56. The monoisotopic (exact) mass is 310 g/mol. The summed E-state index contributed by atoms with van der Waals surface area (Å²) in [6.45, 7) is 2.43. The summed E-state index contributed by atoms with van der Waals surface area (Å²) in [6.07, 6.45) is 0. The van der Waals surface area contributed by atoms with Crippen molar-refractivity contribution in [2.75, 3.05) is 6.79 Å². The van der Waals surface area contributed by atoms with Crippen molar-refractivity contribution in [2.45, 2.75) is 13.5 Å². The number of aromatic nitrogens is 1. The molecule has 0 fully saturated rings. The molecule has 7 heteroatoms. The number of rotatable bonds is 3. The van der Waals surface area contributed by atoms with Crippen LogP contribution in [0.3, 0.4) is 0 Å². The van der Waals surface area contributed by atoms with Gasteiger partial charge in [-0.1, -0.05) is 11.6 Å². The maximum atomic E-state index is 12.1. The third-order valence-electron chi connectivity index (χ3n) is 2.76. The molecule has 1 aliphatic rings. The molecule has 0 saturated heterocycles. The van der Waals surface area contributed by atoms with Crippen LogP contribution < -0.4 is 14.8 Å². The molecule has 0 bridgehead atoms. The minimum Gasteiger partial charge on any atom is -0.454 e. The van der Waals surface area contributed by atoms with Gasteiger partial charge in [0.05, 0.1) is 11.6 Å². The van der Waals surface area contributed by atoms with Gasteiger partial charge in [0.25, 0.3) is 5.91 Å². The van der Waals surface area contributed by atoms with Crippen LogP contribution in [0.2, 0.25) is 5.02 Å². The van der Waals surface area contributed by atoms with Gasteiger partial charge in [0.2, 0.25) is 6.79 Å². The zero-order valence-corrected chi connectivity index (χ0v) is 12.2. The van der Waals surface area contributed by atoms with Crippen molar-refractivity contribution in [3.8, 4) is 11.5 Å². The van der Waals surface area contributed by atoms with Crippen LogP contribution in [0.25, 0.3) is 0 Å². The first kappa shape index (κ1) is 13.2. The summed E-state index contributed by atoms with van der Waals surface area (Å²) in [4.78, 5) is 16.4. The SMILES string of the molecule is Cc1csc(CNC(=O)c2cc(Cl)c3c(c2)OCO3)n1. The van der Waals surface area contributed by atoms with Crippen molar-refractivity contribution in [1.29, 1.82) is 0 Å². The van der Waals surface area contributed by atoms with Gasteiger partial charge >= 0.3 is 0 Å². The molecule has 1 aromatic carbocycles. The number of carbonyl (C=O) groups is 1. The molecule has 0 saturated carbocycles. The second-order valence-electron chi connectivity index (χ2n) is 4.26. The van der Waals surface area contributed by atoms with Crippen molar-refractivity contribution in [3.05, 3.63) is 38.8 Å². The average Bonchev–Trinajstić information content (AvgIpc) is 3.04. The molecule has 0 spiro atoms. The van der Waals surface area contributed by atoms with E-state index in [1.165, 1.54) is 11.3 Å². The van der Waals surface area contributed by atoms with Crippen molar-refractivity contribution in [3.63, 3.8) is 0 Å². The number of hydrogen-bond acceptors (Lipinski definition) is 5. The zero-order chi connectivity index (χ0) is 14.1. The Kier molecular flexibility index (Phi) is 3.50. The molecular formula is C13H11ClN2O3S. The molecule has 1 aliphatic heterocycles. The van der Waals surface area contributed by atoms with E-state index in [9.17, 15) is 4.79 Å². The Morgan fingerprint density at radius 2 is 2.35 bits per heavy atom. The van der Waals surface area contributed by atoms with Crippen LogP contribution >= 0.6 is 22.9 Å². The number of nitrogens with zero attached hydrogens (tertiary/aromatic N) is 1. The normalized spacial score (nSPS) is 12.5. The van der Waals surface area contributed by atoms with Crippen LogP contribution in [-0.4, -0.2) is 17.7 Å². The Morgan fingerprint density at radius 3 is 3.10 bits per heavy atom. The smallest absolute Gasteiger partial charge is 0.251 e. The van der Waals surface area contributed by atoms with E-state index in [4.69, 9.17) is 21.1 Å². The molecule has 0 unspecified atom stereocenters. The highest BCUT2D eigenvalue weighted by molar-refractivity contribution is 7.09. The van der Waals surface area contributed by atoms with E-state index in [2.05, 4.69) is 10.3 Å². The number of thiazole rings is 1. The number of amides is 1. The first-order valence-corrected chi connectivity index (χ1v) is 7.17. The van der Waals surface area contributed by atoms with Crippen LogP contribution in [0.1, 0.15) is 21.1 Å². The fourth-order valence-corrected chi connectivity index (χ4v) is 2.82. The molecule has 1 N–H and O–H groups in total. The summed E-state index contributed by atoms with van der Waals surface area (Å²) in [5.41, 5.74) is 1.39.